The number of aliphatic carboxylic acids is 1. The minimum absolute atomic E-state index is 0.00361. The van der Waals surface area contributed by atoms with Gasteiger partial charge in [-0.25, -0.2) is 9.59 Å². The van der Waals surface area contributed by atoms with E-state index in [1.54, 1.807) is 0 Å². The molecule has 17 heavy (non-hydrogen) atoms. The molecule has 0 aliphatic carbocycles. The Morgan fingerprint density at radius 2 is 1.82 bits per heavy atom. The normalized spacial score (nSPS) is 30.5. The molecule has 0 unspecified atom stereocenters. The molecule has 2 fully saturated rings. The van der Waals surface area contributed by atoms with Crippen LogP contribution in [0.25, 0.3) is 0 Å². The van der Waals surface area contributed by atoms with Crippen molar-refractivity contribution < 1.29 is 24.5 Å². The molecular formula is C10H16N2O5. The largest absolute Gasteiger partial charge is 0.480 e. The van der Waals surface area contributed by atoms with Crippen LogP contribution in [0.3, 0.4) is 0 Å². The van der Waals surface area contributed by atoms with Gasteiger partial charge in [0.05, 0.1) is 13.2 Å². The van der Waals surface area contributed by atoms with Gasteiger partial charge >= 0.3 is 12.1 Å². The van der Waals surface area contributed by atoms with Gasteiger partial charge in [-0.05, 0) is 6.42 Å². The summed E-state index contributed by atoms with van der Waals surface area (Å²) >= 11 is 0. The maximum atomic E-state index is 11.0. The molecule has 0 radical (unpaired) electrons. The number of carboxylic acid groups (broad SMARTS) is 2. The Hall–Kier alpha value is -1.34. The van der Waals surface area contributed by atoms with E-state index in [-0.39, 0.29) is 12.6 Å². The van der Waals surface area contributed by atoms with Crippen LogP contribution in [0.1, 0.15) is 6.42 Å². The topological polar surface area (TPSA) is 90.3 Å². The van der Waals surface area contributed by atoms with Gasteiger partial charge in [-0.1, -0.05) is 0 Å². The number of hydrogen-bond donors (Lipinski definition) is 2. The van der Waals surface area contributed by atoms with Crippen molar-refractivity contribution in [3.05, 3.63) is 0 Å². The second kappa shape index (κ2) is 4.89. The van der Waals surface area contributed by atoms with Crippen molar-refractivity contribution in [2.75, 3.05) is 32.8 Å². The van der Waals surface area contributed by atoms with Gasteiger partial charge < -0.3 is 14.9 Å². The minimum atomic E-state index is -1.16. The molecule has 2 aliphatic rings. The van der Waals surface area contributed by atoms with E-state index in [1.807, 2.05) is 0 Å². The van der Waals surface area contributed by atoms with Gasteiger partial charge in [-0.3, -0.25) is 9.80 Å². The van der Waals surface area contributed by atoms with Crippen molar-refractivity contribution in [2.45, 2.75) is 18.5 Å². The highest BCUT2D eigenvalue weighted by Crippen LogP contribution is 2.23. The number of nitrogens with zero attached hydrogens (tertiary/aromatic N) is 2. The van der Waals surface area contributed by atoms with Crippen LogP contribution in [0.2, 0.25) is 0 Å². The van der Waals surface area contributed by atoms with Crippen LogP contribution in [-0.2, 0) is 9.53 Å². The van der Waals surface area contributed by atoms with Gasteiger partial charge in [-0.2, -0.15) is 0 Å². The smallest absolute Gasteiger partial charge is 0.408 e. The first-order chi connectivity index (χ1) is 8.09. The number of ether oxygens (including phenoxy) is 1. The molecule has 7 heteroatoms. The molecule has 2 rings (SSSR count). The van der Waals surface area contributed by atoms with Crippen molar-refractivity contribution in [3.8, 4) is 0 Å². The summed E-state index contributed by atoms with van der Waals surface area (Å²) in [4.78, 5) is 25.1. The molecule has 0 spiro atoms. The number of carbonyl (C=O) groups is 2. The Morgan fingerprint density at radius 3 is 2.29 bits per heavy atom. The maximum absolute atomic E-state index is 11.0. The first-order valence-corrected chi connectivity index (χ1v) is 5.63. The van der Waals surface area contributed by atoms with Crippen LogP contribution in [0, 0.1) is 0 Å². The van der Waals surface area contributed by atoms with Crippen molar-refractivity contribution in [2.24, 2.45) is 0 Å². The molecule has 0 saturated carbocycles. The van der Waals surface area contributed by atoms with Gasteiger partial charge in [-0.15, -0.1) is 0 Å². The summed E-state index contributed by atoms with van der Waals surface area (Å²) in [5.41, 5.74) is 0. The van der Waals surface area contributed by atoms with Gasteiger partial charge in [0.1, 0.15) is 6.04 Å². The van der Waals surface area contributed by atoms with Crippen molar-refractivity contribution >= 4 is 12.1 Å². The Morgan fingerprint density at radius 1 is 1.18 bits per heavy atom. The van der Waals surface area contributed by atoms with Gasteiger partial charge in [0.25, 0.3) is 0 Å². The van der Waals surface area contributed by atoms with E-state index in [2.05, 4.69) is 4.90 Å². The summed E-state index contributed by atoms with van der Waals surface area (Å²) in [6.07, 6.45) is -0.796. The van der Waals surface area contributed by atoms with Crippen LogP contribution < -0.4 is 0 Å². The number of likely N-dealkylation sites (tertiary alicyclic amines) is 1. The summed E-state index contributed by atoms with van der Waals surface area (Å²) in [6, 6.07) is -0.920. The van der Waals surface area contributed by atoms with E-state index < -0.39 is 18.1 Å². The molecule has 0 aromatic rings. The monoisotopic (exact) mass is 244 g/mol. The molecule has 1 amide bonds. The highest BCUT2D eigenvalue weighted by molar-refractivity contribution is 5.80. The number of hydrogen-bond acceptors (Lipinski definition) is 4. The molecule has 2 N–H and O–H groups in total. The van der Waals surface area contributed by atoms with Crippen LogP contribution >= 0.6 is 0 Å². The lowest BCUT2D eigenvalue weighted by molar-refractivity contribution is -0.141. The third kappa shape index (κ3) is 2.50. The fourth-order valence-electron chi connectivity index (χ4n) is 2.47. The molecular weight excluding hydrogens is 228 g/mol. The van der Waals surface area contributed by atoms with E-state index >= 15 is 0 Å². The molecule has 7 nitrogen and oxygen atoms in total. The Balaban J connectivity index is 2.02. The van der Waals surface area contributed by atoms with E-state index in [0.717, 1.165) is 18.0 Å². The molecule has 2 saturated heterocycles. The summed E-state index contributed by atoms with van der Waals surface area (Å²) in [6.45, 7) is 3.00. The van der Waals surface area contributed by atoms with Crippen LogP contribution in [0.15, 0.2) is 0 Å². The maximum Gasteiger partial charge on any atom is 0.408 e. The average Bonchev–Trinajstić information content (AvgIpc) is 2.75. The van der Waals surface area contributed by atoms with Crippen LogP contribution in [0.5, 0.6) is 0 Å². The van der Waals surface area contributed by atoms with E-state index in [4.69, 9.17) is 14.9 Å². The first-order valence-electron chi connectivity index (χ1n) is 5.63. The Kier molecular flexibility index (Phi) is 3.49. The third-order valence-corrected chi connectivity index (χ3v) is 3.37. The van der Waals surface area contributed by atoms with E-state index in [0.29, 0.717) is 19.6 Å². The average molecular weight is 244 g/mol. The SMILES string of the molecule is O=C(O)[C@@H]1C[C@H](N2CCOCC2)CN1C(=O)O. The number of amides is 1. The lowest BCUT2D eigenvalue weighted by Crippen LogP contribution is -2.45. The minimum Gasteiger partial charge on any atom is -0.480 e. The fourth-order valence-corrected chi connectivity index (χ4v) is 2.47. The van der Waals surface area contributed by atoms with Crippen molar-refractivity contribution in [1.82, 2.24) is 9.80 Å². The van der Waals surface area contributed by atoms with E-state index in [1.165, 1.54) is 0 Å². The highest BCUT2D eigenvalue weighted by Gasteiger charge is 2.42. The van der Waals surface area contributed by atoms with Crippen molar-refractivity contribution in [3.63, 3.8) is 0 Å². The predicted octanol–water partition coefficient (Wildman–Crippen LogP) is -0.476. The zero-order valence-electron chi connectivity index (χ0n) is 9.41. The Labute approximate surface area is 98.6 Å². The van der Waals surface area contributed by atoms with Crippen LogP contribution in [-0.4, -0.2) is 77.0 Å². The second-order valence-electron chi connectivity index (χ2n) is 4.33. The zero-order chi connectivity index (χ0) is 12.4. The molecule has 0 aromatic carbocycles. The highest BCUT2D eigenvalue weighted by atomic mass is 16.5. The molecule has 0 aromatic heterocycles. The molecule has 2 aliphatic heterocycles. The lowest BCUT2D eigenvalue weighted by atomic mass is 10.1. The summed E-state index contributed by atoms with van der Waals surface area (Å²) < 4.78 is 5.22. The van der Waals surface area contributed by atoms with E-state index in [9.17, 15) is 9.59 Å². The quantitative estimate of drug-likeness (QED) is 0.682. The third-order valence-electron chi connectivity index (χ3n) is 3.37. The summed E-state index contributed by atoms with van der Waals surface area (Å²) in [5.74, 6) is -1.07. The molecule has 2 heterocycles. The Bertz CT molecular complexity index is 294. The molecule has 0 bridgehead atoms. The van der Waals surface area contributed by atoms with Gasteiger partial charge in [0.2, 0.25) is 0 Å². The van der Waals surface area contributed by atoms with Crippen molar-refractivity contribution in [1.29, 1.82) is 0 Å². The molecule has 96 valence electrons. The van der Waals surface area contributed by atoms with Gasteiger partial charge in [0, 0.05) is 25.7 Å². The number of morpholine rings is 1. The van der Waals surface area contributed by atoms with Crippen LogP contribution in [0.4, 0.5) is 4.79 Å². The predicted molar refractivity (Wildman–Crippen MR) is 57.0 cm³/mol. The molecule has 2 atom stereocenters. The zero-order valence-corrected chi connectivity index (χ0v) is 9.41. The van der Waals surface area contributed by atoms with Gasteiger partial charge in [0.15, 0.2) is 0 Å². The number of rotatable bonds is 2. The number of carboxylic acids is 1. The fraction of sp³-hybridized carbons (Fsp3) is 0.800. The first kappa shape index (κ1) is 12.1. The standard InChI is InChI=1S/C10H16N2O5/c13-9(14)8-5-7(6-12(8)10(15)16)11-1-3-17-4-2-11/h7-8H,1-6H2,(H,13,14)(H,15,16)/t7-,8-/m0/s1. The lowest BCUT2D eigenvalue weighted by Gasteiger charge is -2.31. The summed E-state index contributed by atoms with van der Waals surface area (Å²) in [5, 5.41) is 18.0. The summed E-state index contributed by atoms with van der Waals surface area (Å²) in [7, 11) is 0. The second-order valence-corrected chi connectivity index (χ2v) is 4.33.